The van der Waals surface area contributed by atoms with Crippen molar-refractivity contribution in [3.05, 3.63) is 23.0 Å². The van der Waals surface area contributed by atoms with Gasteiger partial charge in [0.2, 0.25) is 0 Å². The van der Waals surface area contributed by atoms with Crippen molar-refractivity contribution in [2.75, 3.05) is 26.4 Å². The monoisotopic (exact) mass is 342 g/mol. The van der Waals surface area contributed by atoms with E-state index in [-0.39, 0.29) is 18.7 Å². The zero-order valence-corrected chi connectivity index (χ0v) is 13.5. The third-order valence-electron chi connectivity index (χ3n) is 3.52. The average Bonchev–Trinajstić information content (AvgIpc) is 2.58. The lowest BCUT2D eigenvalue weighted by molar-refractivity contribution is -0.184. The summed E-state index contributed by atoms with van der Waals surface area (Å²) in [4.78, 5) is 25.5. The zero-order valence-electron chi connectivity index (χ0n) is 13.5. The molecule has 1 amide bonds. The van der Waals surface area contributed by atoms with Crippen LogP contribution < -0.4 is 0 Å². The number of ether oxygens (including phenoxy) is 3. The highest BCUT2D eigenvalue weighted by Crippen LogP contribution is 2.27. The molecule has 1 N–H and O–H groups in total. The van der Waals surface area contributed by atoms with Crippen LogP contribution in [0.4, 0.5) is 4.48 Å². The Bertz CT molecular complexity index is 607. The number of amidine groups is 1. The van der Waals surface area contributed by atoms with Crippen molar-refractivity contribution in [2.24, 2.45) is 5.21 Å². The van der Waals surface area contributed by atoms with E-state index in [1.807, 2.05) is 0 Å². The van der Waals surface area contributed by atoms with Gasteiger partial charge in [0.05, 0.1) is 31.9 Å². The maximum Gasteiger partial charge on any atom is 0.347 e. The lowest BCUT2D eigenvalue weighted by Gasteiger charge is -2.33. The number of amides is 1. The molecule has 132 valence electrons. The minimum Gasteiger partial charge on any atom is -0.506 e. The molecule has 8 nitrogen and oxygen atoms in total. The maximum absolute atomic E-state index is 13.2. The van der Waals surface area contributed by atoms with Gasteiger partial charge in [0.25, 0.3) is 5.91 Å². The summed E-state index contributed by atoms with van der Waals surface area (Å²) in [7, 11) is 0. The van der Waals surface area contributed by atoms with Gasteiger partial charge in [0.15, 0.2) is 17.7 Å². The van der Waals surface area contributed by atoms with E-state index in [2.05, 4.69) is 5.21 Å². The molecule has 2 aliphatic rings. The van der Waals surface area contributed by atoms with Crippen molar-refractivity contribution in [3.8, 4) is 0 Å². The van der Waals surface area contributed by atoms with E-state index in [1.54, 1.807) is 6.92 Å². The smallest absolute Gasteiger partial charge is 0.347 e. The van der Waals surface area contributed by atoms with Gasteiger partial charge in [-0.1, -0.05) is 15.8 Å². The summed E-state index contributed by atoms with van der Waals surface area (Å²) in [5, 5.41) is 12.8. The summed E-state index contributed by atoms with van der Waals surface area (Å²) >= 11 is 0. The number of aliphatic hydroxyl groups is 1. The number of hydrogen-bond acceptors (Lipinski definition) is 7. The van der Waals surface area contributed by atoms with E-state index < -0.39 is 35.3 Å². The first-order chi connectivity index (χ1) is 11.5. The van der Waals surface area contributed by atoms with Gasteiger partial charge in [-0.3, -0.25) is 9.69 Å². The molecule has 0 unspecified atom stereocenters. The Labute approximate surface area is 138 Å². The minimum atomic E-state index is -0.993. The SMILES string of the molecule is C/C=C1\C(=NF)N(CC2OCCCO2)C(=O)C(C(=O)OCC)=C1O. The molecule has 0 saturated carbocycles. The first kappa shape index (κ1) is 18.1. The van der Waals surface area contributed by atoms with Crippen LogP contribution in [0.5, 0.6) is 0 Å². The van der Waals surface area contributed by atoms with E-state index in [0.717, 1.165) is 4.90 Å². The first-order valence-corrected chi connectivity index (χ1v) is 7.56. The molecule has 0 aliphatic carbocycles. The molecule has 0 aromatic carbocycles. The number of aliphatic hydroxyl groups excluding tert-OH is 1. The van der Waals surface area contributed by atoms with Crippen LogP contribution in [0.2, 0.25) is 0 Å². The number of hydrogen-bond donors (Lipinski definition) is 1. The molecular weight excluding hydrogens is 323 g/mol. The molecule has 0 aromatic rings. The second-order valence-corrected chi connectivity index (χ2v) is 5.00. The third-order valence-corrected chi connectivity index (χ3v) is 3.52. The lowest BCUT2D eigenvalue weighted by Crippen LogP contribution is -2.49. The Morgan fingerprint density at radius 3 is 2.71 bits per heavy atom. The van der Waals surface area contributed by atoms with Crippen molar-refractivity contribution in [3.63, 3.8) is 0 Å². The van der Waals surface area contributed by atoms with E-state index in [9.17, 15) is 19.2 Å². The van der Waals surface area contributed by atoms with E-state index in [4.69, 9.17) is 14.2 Å². The van der Waals surface area contributed by atoms with Crippen molar-refractivity contribution in [1.82, 2.24) is 4.90 Å². The Balaban J connectivity index is 2.39. The number of nitrogens with zero attached hydrogens (tertiary/aromatic N) is 2. The second kappa shape index (κ2) is 8.02. The number of esters is 1. The zero-order chi connectivity index (χ0) is 17.7. The molecule has 1 saturated heterocycles. The van der Waals surface area contributed by atoms with Crippen LogP contribution in [0.3, 0.4) is 0 Å². The van der Waals surface area contributed by atoms with Gasteiger partial charge < -0.3 is 19.3 Å². The highest BCUT2D eigenvalue weighted by molar-refractivity contribution is 6.27. The molecule has 0 spiro atoms. The fourth-order valence-corrected chi connectivity index (χ4v) is 2.42. The molecule has 0 aromatic heterocycles. The van der Waals surface area contributed by atoms with E-state index >= 15 is 0 Å². The van der Waals surface area contributed by atoms with Crippen LogP contribution in [-0.2, 0) is 23.8 Å². The third kappa shape index (κ3) is 3.46. The van der Waals surface area contributed by atoms with Gasteiger partial charge in [-0.2, -0.15) is 0 Å². The van der Waals surface area contributed by atoms with Gasteiger partial charge in [-0.15, -0.1) is 0 Å². The first-order valence-electron chi connectivity index (χ1n) is 7.56. The summed E-state index contributed by atoms with van der Waals surface area (Å²) in [6.07, 6.45) is 1.28. The Kier molecular flexibility index (Phi) is 6.04. The number of carbonyl (C=O) groups excluding carboxylic acids is 2. The van der Waals surface area contributed by atoms with Gasteiger partial charge in [-0.05, 0) is 20.3 Å². The number of rotatable bonds is 4. The molecule has 0 atom stereocenters. The highest BCUT2D eigenvalue weighted by atomic mass is 19.2. The van der Waals surface area contributed by atoms with Gasteiger partial charge in [0, 0.05) is 0 Å². The van der Waals surface area contributed by atoms with E-state index in [1.165, 1.54) is 13.0 Å². The largest absolute Gasteiger partial charge is 0.506 e. The fourth-order valence-electron chi connectivity index (χ4n) is 2.42. The fraction of sp³-hybridized carbons (Fsp3) is 0.533. The topological polar surface area (TPSA) is 97.7 Å². The number of allylic oxidation sites excluding steroid dienone is 1. The van der Waals surface area contributed by atoms with Gasteiger partial charge in [-0.25, -0.2) is 4.79 Å². The predicted octanol–water partition coefficient (Wildman–Crippen LogP) is 1.20. The summed E-state index contributed by atoms with van der Waals surface area (Å²) in [5.74, 6) is -3.00. The molecule has 2 rings (SSSR count). The predicted molar refractivity (Wildman–Crippen MR) is 80.6 cm³/mol. The van der Waals surface area contributed by atoms with E-state index in [0.29, 0.717) is 19.6 Å². The van der Waals surface area contributed by atoms with Crippen molar-refractivity contribution in [1.29, 1.82) is 0 Å². The molecule has 0 bridgehead atoms. The normalized spacial score (nSPS) is 23.3. The van der Waals surface area contributed by atoms with Gasteiger partial charge in [0.1, 0.15) is 5.76 Å². The molecule has 2 heterocycles. The quantitative estimate of drug-likeness (QED) is 0.609. The number of halogens is 1. The van der Waals surface area contributed by atoms with Crippen LogP contribution in [0.15, 0.2) is 28.2 Å². The Morgan fingerprint density at radius 2 is 2.17 bits per heavy atom. The average molecular weight is 342 g/mol. The van der Waals surface area contributed by atoms with Crippen LogP contribution >= 0.6 is 0 Å². The summed E-state index contributed by atoms with van der Waals surface area (Å²) in [5.41, 5.74) is -0.663. The van der Waals surface area contributed by atoms with Crippen LogP contribution in [0.1, 0.15) is 20.3 Å². The molecule has 2 aliphatic heterocycles. The molecule has 1 fully saturated rings. The van der Waals surface area contributed by atoms with Gasteiger partial charge >= 0.3 is 5.97 Å². The van der Waals surface area contributed by atoms with Crippen molar-refractivity contribution >= 4 is 17.7 Å². The summed E-state index contributed by atoms with van der Waals surface area (Å²) < 4.78 is 28.7. The minimum absolute atomic E-state index is 0.0208. The standard InChI is InChI=1S/C15H19FN2O6/c1-3-9-12(19)11(15(21)22-4-2)14(20)18(13(9)17-16)8-10-23-6-5-7-24-10/h3,10,19H,4-8H2,1-2H3/b9-3-,17-13?. The Morgan fingerprint density at radius 1 is 1.50 bits per heavy atom. The molecule has 9 heteroatoms. The molecular formula is C15H19FN2O6. The van der Waals surface area contributed by atoms with Crippen LogP contribution in [0.25, 0.3) is 0 Å². The van der Waals surface area contributed by atoms with Crippen LogP contribution in [0, 0.1) is 0 Å². The molecule has 24 heavy (non-hydrogen) atoms. The van der Waals surface area contributed by atoms with Crippen LogP contribution in [-0.4, -0.2) is 60.4 Å². The highest BCUT2D eigenvalue weighted by Gasteiger charge is 2.41. The maximum atomic E-state index is 13.2. The second-order valence-electron chi connectivity index (χ2n) is 5.00. The van der Waals surface area contributed by atoms with Crippen molar-refractivity contribution < 1.29 is 33.4 Å². The molecule has 0 radical (unpaired) electrons. The van der Waals surface area contributed by atoms with Crippen molar-refractivity contribution in [2.45, 2.75) is 26.6 Å². The number of carbonyl (C=O) groups is 2. The Hall–Kier alpha value is -2.26. The summed E-state index contributed by atoms with van der Waals surface area (Å²) in [6.45, 7) is 3.81. The summed E-state index contributed by atoms with van der Waals surface area (Å²) in [6, 6.07) is 0. The lowest BCUT2D eigenvalue weighted by atomic mass is 10.0.